The number of hydrogen-bond acceptors (Lipinski definition) is 7. The van der Waals surface area contributed by atoms with Crippen LogP contribution < -0.4 is 14.9 Å². The average molecular weight is 377 g/mol. The Kier molecular flexibility index (Phi) is 4.79. The van der Waals surface area contributed by atoms with Gasteiger partial charge in [-0.15, -0.1) is 0 Å². The summed E-state index contributed by atoms with van der Waals surface area (Å²) in [7, 11) is -3.80. The minimum Gasteiger partial charge on any atom is -0.367 e. The van der Waals surface area contributed by atoms with Crippen molar-refractivity contribution in [2.45, 2.75) is 11.8 Å². The molecule has 26 heavy (non-hydrogen) atoms. The zero-order chi connectivity index (χ0) is 18.9. The quantitative estimate of drug-likeness (QED) is 0.629. The van der Waals surface area contributed by atoms with E-state index in [2.05, 4.69) is 4.98 Å². The number of benzene rings is 1. The van der Waals surface area contributed by atoms with Crippen LogP contribution in [0.3, 0.4) is 0 Å². The van der Waals surface area contributed by atoms with Gasteiger partial charge < -0.3 is 9.80 Å². The molecule has 138 valence electrons. The van der Waals surface area contributed by atoms with Crippen LogP contribution in [-0.2, 0) is 10.0 Å². The zero-order valence-corrected chi connectivity index (χ0v) is 15.0. The van der Waals surface area contributed by atoms with E-state index < -0.39 is 14.9 Å². The van der Waals surface area contributed by atoms with Crippen molar-refractivity contribution in [1.29, 1.82) is 0 Å². The van der Waals surface area contributed by atoms with E-state index in [1.54, 1.807) is 25.1 Å². The van der Waals surface area contributed by atoms with E-state index in [4.69, 9.17) is 5.14 Å². The van der Waals surface area contributed by atoms with Crippen molar-refractivity contribution >= 4 is 27.2 Å². The van der Waals surface area contributed by atoms with Crippen molar-refractivity contribution in [3.8, 4) is 0 Å². The second-order valence-corrected chi connectivity index (χ2v) is 7.61. The van der Waals surface area contributed by atoms with Crippen LogP contribution in [0, 0.1) is 17.0 Å². The molecule has 0 radical (unpaired) electrons. The number of anilines is 2. The molecular formula is C16H19N5O4S. The Morgan fingerprint density at radius 2 is 1.77 bits per heavy atom. The van der Waals surface area contributed by atoms with Crippen LogP contribution in [0.2, 0.25) is 0 Å². The third-order valence-corrected chi connectivity index (χ3v) is 5.30. The average Bonchev–Trinajstić information content (AvgIpc) is 2.61. The zero-order valence-electron chi connectivity index (χ0n) is 14.2. The van der Waals surface area contributed by atoms with Crippen LogP contribution in [0.1, 0.15) is 5.56 Å². The lowest BCUT2D eigenvalue weighted by Crippen LogP contribution is -2.47. The van der Waals surface area contributed by atoms with Gasteiger partial charge in [-0.3, -0.25) is 10.1 Å². The minimum atomic E-state index is -3.80. The molecule has 0 spiro atoms. The number of primary sulfonamides is 1. The first-order chi connectivity index (χ1) is 12.3. The van der Waals surface area contributed by atoms with Gasteiger partial charge >= 0.3 is 0 Å². The van der Waals surface area contributed by atoms with Crippen LogP contribution in [0.4, 0.5) is 17.2 Å². The second kappa shape index (κ2) is 6.89. The molecule has 10 heteroatoms. The van der Waals surface area contributed by atoms with E-state index in [1.807, 2.05) is 9.80 Å². The molecule has 0 saturated carbocycles. The van der Waals surface area contributed by atoms with Gasteiger partial charge in [0, 0.05) is 32.2 Å². The Labute approximate surface area is 151 Å². The smallest absolute Gasteiger partial charge is 0.287 e. The Balaban J connectivity index is 1.78. The summed E-state index contributed by atoms with van der Waals surface area (Å²) in [4.78, 5) is 18.7. The Hall–Kier alpha value is -2.72. The van der Waals surface area contributed by atoms with E-state index >= 15 is 0 Å². The highest BCUT2D eigenvalue weighted by atomic mass is 32.2. The van der Waals surface area contributed by atoms with Crippen molar-refractivity contribution in [2.75, 3.05) is 36.0 Å². The number of pyridine rings is 1. The number of rotatable bonds is 4. The topological polar surface area (TPSA) is 123 Å². The standard InChI is InChI=1S/C16H19N5O4S/c1-12-10-13(21(22)23)11-18-16(12)20-8-6-19(7-9-20)14-4-2-3-5-15(14)26(17,24)25/h2-5,10-11H,6-9H2,1H3,(H2,17,24,25). The minimum absolute atomic E-state index is 0.0352. The molecule has 1 fully saturated rings. The predicted octanol–water partition coefficient (Wildman–Crippen LogP) is 1.27. The second-order valence-electron chi connectivity index (χ2n) is 6.08. The van der Waals surface area contributed by atoms with E-state index in [-0.39, 0.29) is 10.6 Å². The molecule has 3 rings (SSSR count). The molecule has 0 aliphatic carbocycles. The van der Waals surface area contributed by atoms with E-state index in [9.17, 15) is 18.5 Å². The molecule has 2 N–H and O–H groups in total. The normalized spacial score (nSPS) is 15.2. The molecule has 1 aliphatic heterocycles. The lowest BCUT2D eigenvalue weighted by molar-refractivity contribution is -0.385. The van der Waals surface area contributed by atoms with Gasteiger partial charge in [0.2, 0.25) is 10.0 Å². The monoisotopic (exact) mass is 377 g/mol. The SMILES string of the molecule is Cc1cc([N+](=O)[O-])cnc1N1CCN(c2ccccc2S(N)(=O)=O)CC1. The number of piperazine rings is 1. The van der Waals surface area contributed by atoms with Crippen molar-refractivity contribution in [3.05, 3.63) is 52.2 Å². The third-order valence-electron chi connectivity index (χ3n) is 4.34. The summed E-state index contributed by atoms with van der Waals surface area (Å²) in [6.07, 6.45) is 1.25. The summed E-state index contributed by atoms with van der Waals surface area (Å²) in [5, 5.41) is 16.2. The number of aromatic nitrogens is 1. The molecule has 1 aliphatic rings. The number of nitro groups is 1. The van der Waals surface area contributed by atoms with Gasteiger partial charge in [-0.2, -0.15) is 0 Å². The molecule has 0 atom stereocenters. The fourth-order valence-corrected chi connectivity index (χ4v) is 3.86. The van der Waals surface area contributed by atoms with Gasteiger partial charge in [-0.05, 0) is 24.6 Å². The van der Waals surface area contributed by atoms with Crippen molar-refractivity contribution in [2.24, 2.45) is 5.14 Å². The van der Waals surface area contributed by atoms with E-state index in [1.165, 1.54) is 18.3 Å². The number of para-hydroxylation sites is 1. The molecule has 0 bridgehead atoms. The molecule has 2 aromatic rings. The van der Waals surface area contributed by atoms with Gasteiger partial charge in [0.25, 0.3) is 5.69 Å². The van der Waals surface area contributed by atoms with Crippen LogP contribution in [0.5, 0.6) is 0 Å². The Morgan fingerprint density at radius 1 is 1.15 bits per heavy atom. The number of sulfonamides is 1. The summed E-state index contributed by atoms with van der Waals surface area (Å²) in [6, 6.07) is 8.16. The third kappa shape index (κ3) is 3.60. The largest absolute Gasteiger partial charge is 0.367 e. The molecule has 1 aromatic carbocycles. The van der Waals surface area contributed by atoms with Crippen LogP contribution in [0.15, 0.2) is 41.4 Å². The number of hydrogen-bond donors (Lipinski definition) is 1. The molecule has 0 amide bonds. The van der Waals surface area contributed by atoms with Crippen LogP contribution >= 0.6 is 0 Å². The van der Waals surface area contributed by atoms with E-state index in [0.717, 1.165) is 5.56 Å². The highest BCUT2D eigenvalue weighted by Crippen LogP contribution is 2.27. The lowest BCUT2D eigenvalue weighted by atomic mass is 10.2. The summed E-state index contributed by atoms with van der Waals surface area (Å²) < 4.78 is 23.6. The predicted molar refractivity (Wildman–Crippen MR) is 97.9 cm³/mol. The number of nitrogens with two attached hydrogens (primary N) is 1. The first kappa shape index (κ1) is 18.1. The van der Waals surface area contributed by atoms with Crippen LogP contribution in [0.25, 0.3) is 0 Å². The van der Waals surface area contributed by atoms with Crippen molar-refractivity contribution in [1.82, 2.24) is 4.98 Å². The van der Waals surface area contributed by atoms with E-state index in [0.29, 0.717) is 37.7 Å². The van der Waals surface area contributed by atoms with Crippen molar-refractivity contribution in [3.63, 3.8) is 0 Å². The number of nitrogens with zero attached hydrogens (tertiary/aromatic N) is 4. The first-order valence-corrected chi connectivity index (χ1v) is 9.55. The summed E-state index contributed by atoms with van der Waals surface area (Å²) in [6.45, 7) is 4.20. The maximum absolute atomic E-state index is 11.8. The highest BCUT2D eigenvalue weighted by Gasteiger charge is 2.24. The molecule has 1 saturated heterocycles. The Morgan fingerprint density at radius 3 is 2.35 bits per heavy atom. The lowest BCUT2D eigenvalue weighted by Gasteiger charge is -2.37. The van der Waals surface area contributed by atoms with Gasteiger partial charge in [-0.25, -0.2) is 18.5 Å². The summed E-state index contributed by atoms with van der Waals surface area (Å²) >= 11 is 0. The summed E-state index contributed by atoms with van der Waals surface area (Å²) in [5.41, 5.74) is 1.28. The Bertz CT molecular complexity index is 939. The first-order valence-electron chi connectivity index (χ1n) is 8.00. The molecule has 2 heterocycles. The maximum atomic E-state index is 11.8. The van der Waals surface area contributed by atoms with Crippen molar-refractivity contribution < 1.29 is 13.3 Å². The van der Waals surface area contributed by atoms with Gasteiger partial charge in [-0.1, -0.05) is 12.1 Å². The molecule has 1 aromatic heterocycles. The summed E-state index contributed by atoms with van der Waals surface area (Å²) in [5.74, 6) is 0.704. The fourth-order valence-electron chi connectivity index (χ4n) is 3.10. The maximum Gasteiger partial charge on any atom is 0.287 e. The highest BCUT2D eigenvalue weighted by molar-refractivity contribution is 7.89. The molecule has 9 nitrogen and oxygen atoms in total. The van der Waals surface area contributed by atoms with Gasteiger partial charge in [0.05, 0.1) is 10.6 Å². The fraction of sp³-hybridized carbons (Fsp3) is 0.312. The van der Waals surface area contributed by atoms with Gasteiger partial charge in [0.15, 0.2) is 0 Å². The van der Waals surface area contributed by atoms with Gasteiger partial charge in [0.1, 0.15) is 16.9 Å². The molecular weight excluding hydrogens is 358 g/mol. The van der Waals surface area contributed by atoms with Crippen LogP contribution in [-0.4, -0.2) is 44.5 Å². The number of aryl methyl sites for hydroxylation is 1. The molecule has 0 unspecified atom stereocenters.